The van der Waals surface area contributed by atoms with Gasteiger partial charge in [-0.05, 0) is 24.6 Å². The van der Waals surface area contributed by atoms with Crippen LogP contribution in [0, 0.1) is 0 Å². The van der Waals surface area contributed by atoms with Gasteiger partial charge in [-0.3, -0.25) is 25.2 Å². The molecule has 9 nitrogen and oxygen atoms in total. The summed E-state index contributed by atoms with van der Waals surface area (Å²) < 4.78 is 2.89. The number of hydrazine groups is 1. The summed E-state index contributed by atoms with van der Waals surface area (Å²) in [6.07, 6.45) is 5.72. The Morgan fingerprint density at radius 3 is 2.36 bits per heavy atom. The number of fused-ring (bicyclic) bond motifs is 1. The van der Waals surface area contributed by atoms with Crippen LogP contribution in [0.25, 0.3) is 16.5 Å². The van der Waals surface area contributed by atoms with Gasteiger partial charge in [-0.15, -0.1) is 0 Å². The van der Waals surface area contributed by atoms with Gasteiger partial charge >= 0.3 is 0 Å². The zero-order valence-corrected chi connectivity index (χ0v) is 18.2. The molecule has 0 unspecified atom stereocenters. The van der Waals surface area contributed by atoms with Crippen molar-refractivity contribution in [1.29, 1.82) is 0 Å². The van der Waals surface area contributed by atoms with Crippen LogP contribution in [0.5, 0.6) is 0 Å². The third kappa shape index (κ3) is 4.82. The Bertz CT molecular complexity index is 1340. The fourth-order valence-electron chi connectivity index (χ4n) is 3.47. The third-order valence-electron chi connectivity index (χ3n) is 5.21. The fourth-order valence-corrected chi connectivity index (χ4v) is 3.47. The summed E-state index contributed by atoms with van der Waals surface area (Å²) in [4.78, 5) is 38.2. The van der Waals surface area contributed by atoms with Crippen LogP contribution in [0.2, 0.25) is 0 Å². The molecule has 2 amide bonds. The summed E-state index contributed by atoms with van der Waals surface area (Å²) >= 11 is 0. The number of carbonyl (C=O) groups excluding carboxylic acids is 2. The number of benzene rings is 2. The molecule has 2 N–H and O–H groups in total. The Balaban J connectivity index is 1.52. The molecule has 0 bridgehead atoms. The van der Waals surface area contributed by atoms with Gasteiger partial charge in [0.1, 0.15) is 0 Å². The zero-order valence-electron chi connectivity index (χ0n) is 18.2. The molecule has 0 saturated carbocycles. The largest absolute Gasteiger partial charge is 0.290 e. The van der Waals surface area contributed by atoms with Crippen LogP contribution < -0.4 is 16.4 Å². The molecule has 0 spiro atoms. The van der Waals surface area contributed by atoms with Gasteiger partial charge in [-0.2, -0.15) is 10.2 Å². The van der Waals surface area contributed by atoms with Gasteiger partial charge in [-0.1, -0.05) is 56.2 Å². The SMILES string of the molecule is CCCCCn1nc(C(=O)NNC(=O)c2cnn(-c3ccccc3)c2)c2ccccc2c1=O. The zero-order chi connectivity index (χ0) is 23.2. The fraction of sp³-hybridized carbons (Fsp3) is 0.208. The smallest absolute Gasteiger partial charge is 0.267 e. The van der Waals surface area contributed by atoms with Crippen LogP contribution in [0.3, 0.4) is 0 Å². The van der Waals surface area contributed by atoms with Crippen molar-refractivity contribution in [3.63, 3.8) is 0 Å². The Labute approximate surface area is 190 Å². The number of hydrogen-bond donors (Lipinski definition) is 2. The molecule has 2 aromatic carbocycles. The molecule has 0 aliphatic heterocycles. The minimum atomic E-state index is -0.612. The highest BCUT2D eigenvalue weighted by atomic mass is 16.2. The van der Waals surface area contributed by atoms with E-state index in [-0.39, 0.29) is 16.8 Å². The first-order valence-electron chi connectivity index (χ1n) is 10.8. The highest BCUT2D eigenvalue weighted by Gasteiger charge is 2.18. The van der Waals surface area contributed by atoms with Gasteiger partial charge in [-0.25, -0.2) is 9.36 Å². The second-order valence-corrected chi connectivity index (χ2v) is 7.55. The molecular formula is C24H24N6O3. The van der Waals surface area contributed by atoms with Crippen LogP contribution in [0.4, 0.5) is 0 Å². The first-order chi connectivity index (χ1) is 16.1. The lowest BCUT2D eigenvalue weighted by Gasteiger charge is -2.11. The molecule has 0 saturated heterocycles. The third-order valence-corrected chi connectivity index (χ3v) is 5.21. The van der Waals surface area contributed by atoms with Crippen molar-refractivity contribution in [2.75, 3.05) is 0 Å². The molecule has 9 heteroatoms. The van der Waals surface area contributed by atoms with Gasteiger partial charge < -0.3 is 0 Å². The number of amides is 2. The van der Waals surface area contributed by atoms with Crippen LogP contribution >= 0.6 is 0 Å². The summed E-state index contributed by atoms with van der Waals surface area (Å²) in [5.74, 6) is -1.13. The molecule has 2 aromatic heterocycles. The molecule has 4 aromatic rings. The minimum absolute atomic E-state index is 0.0713. The molecule has 0 atom stereocenters. The summed E-state index contributed by atoms with van der Waals surface area (Å²) in [5.41, 5.74) is 5.71. The van der Waals surface area contributed by atoms with Crippen molar-refractivity contribution in [3.8, 4) is 5.69 Å². The van der Waals surface area contributed by atoms with Crippen molar-refractivity contribution in [1.82, 2.24) is 30.4 Å². The van der Waals surface area contributed by atoms with Gasteiger partial charge in [0.25, 0.3) is 17.4 Å². The molecule has 0 aliphatic rings. The van der Waals surface area contributed by atoms with Crippen molar-refractivity contribution in [2.24, 2.45) is 0 Å². The molecule has 4 rings (SSSR count). The highest BCUT2D eigenvalue weighted by Crippen LogP contribution is 2.13. The highest BCUT2D eigenvalue weighted by molar-refractivity contribution is 6.05. The predicted molar refractivity (Wildman–Crippen MR) is 124 cm³/mol. The average Bonchev–Trinajstić information content (AvgIpc) is 3.35. The number of rotatable bonds is 7. The number of hydrogen-bond acceptors (Lipinski definition) is 5. The summed E-state index contributed by atoms with van der Waals surface area (Å²) in [6, 6.07) is 16.2. The first kappa shape index (κ1) is 21.9. The number of carbonyl (C=O) groups is 2. The number of nitrogens with one attached hydrogen (secondary N) is 2. The molecule has 0 fully saturated rings. The van der Waals surface area contributed by atoms with Gasteiger partial charge in [0.2, 0.25) is 0 Å². The maximum Gasteiger partial charge on any atom is 0.290 e. The van der Waals surface area contributed by atoms with Crippen LogP contribution in [-0.4, -0.2) is 31.4 Å². The molecule has 0 radical (unpaired) electrons. The van der Waals surface area contributed by atoms with E-state index in [1.165, 1.54) is 10.9 Å². The van der Waals surface area contributed by atoms with E-state index in [1.54, 1.807) is 35.1 Å². The van der Waals surface area contributed by atoms with Crippen molar-refractivity contribution < 1.29 is 9.59 Å². The molecular weight excluding hydrogens is 420 g/mol. The van der Waals surface area contributed by atoms with E-state index in [1.807, 2.05) is 30.3 Å². The standard InChI is InChI=1S/C24H24N6O3/c1-2-3-9-14-29-24(33)20-13-8-7-12-19(20)21(28-29)23(32)27-26-22(31)17-15-25-30(16-17)18-10-5-4-6-11-18/h4-8,10-13,15-16H,2-3,9,14H2,1H3,(H,26,31)(H,27,32). The van der Waals surface area contributed by atoms with Crippen LogP contribution in [-0.2, 0) is 6.54 Å². The summed E-state index contributed by atoms with van der Waals surface area (Å²) in [6.45, 7) is 2.49. The molecule has 168 valence electrons. The first-order valence-corrected chi connectivity index (χ1v) is 10.8. The number of aromatic nitrogens is 4. The maximum absolute atomic E-state index is 12.9. The Hall–Kier alpha value is -4.27. The Kier molecular flexibility index (Phi) is 6.58. The molecule has 0 aliphatic carbocycles. The van der Waals surface area contributed by atoms with E-state index in [4.69, 9.17) is 0 Å². The Morgan fingerprint density at radius 2 is 1.61 bits per heavy atom. The summed E-state index contributed by atoms with van der Waals surface area (Å²) in [5, 5.41) is 9.31. The second kappa shape index (κ2) is 9.90. The monoisotopic (exact) mass is 444 g/mol. The quantitative estimate of drug-likeness (QED) is 0.336. The van der Waals surface area contributed by atoms with E-state index in [0.29, 0.717) is 17.3 Å². The van der Waals surface area contributed by atoms with Crippen molar-refractivity contribution >= 4 is 22.6 Å². The second-order valence-electron chi connectivity index (χ2n) is 7.55. The lowest BCUT2D eigenvalue weighted by molar-refractivity contribution is 0.0843. The lowest BCUT2D eigenvalue weighted by Crippen LogP contribution is -2.42. The van der Waals surface area contributed by atoms with Crippen LogP contribution in [0.15, 0.2) is 71.8 Å². The van der Waals surface area contributed by atoms with Crippen LogP contribution in [0.1, 0.15) is 47.0 Å². The van der Waals surface area contributed by atoms with E-state index < -0.39 is 11.8 Å². The summed E-state index contributed by atoms with van der Waals surface area (Å²) in [7, 11) is 0. The number of nitrogens with zero attached hydrogens (tertiary/aromatic N) is 4. The minimum Gasteiger partial charge on any atom is -0.267 e. The van der Waals surface area contributed by atoms with E-state index in [9.17, 15) is 14.4 Å². The average molecular weight is 444 g/mol. The number of aryl methyl sites for hydroxylation is 1. The molecule has 2 heterocycles. The van der Waals surface area contributed by atoms with E-state index >= 15 is 0 Å². The maximum atomic E-state index is 12.9. The Morgan fingerprint density at radius 1 is 0.909 bits per heavy atom. The number of para-hydroxylation sites is 1. The predicted octanol–water partition coefficient (Wildman–Crippen LogP) is 2.85. The van der Waals surface area contributed by atoms with Crippen molar-refractivity contribution in [2.45, 2.75) is 32.7 Å². The molecule has 33 heavy (non-hydrogen) atoms. The van der Waals surface area contributed by atoms with Gasteiger partial charge in [0.15, 0.2) is 5.69 Å². The topological polar surface area (TPSA) is 111 Å². The number of unbranched alkanes of at least 4 members (excludes halogenated alkanes) is 2. The lowest BCUT2D eigenvalue weighted by atomic mass is 10.1. The van der Waals surface area contributed by atoms with Gasteiger partial charge in [0, 0.05) is 18.1 Å². The van der Waals surface area contributed by atoms with Crippen molar-refractivity contribution in [3.05, 3.63) is 88.6 Å². The van der Waals surface area contributed by atoms with E-state index in [0.717, 1.165) is 24.9 Å². The van der Waals surface area contributed by atoms with Gasteiger partial charge in [0.05, 0.1) is 22.8 Å². The normalized spacial score (nSPS) is 10.8. The van der Waals surface area contributed by atoms with E-state index in [2.05, 4.69) is 28.0 Å².